The zero-order valence-corrected chi connectivity index (χ0v) is 10.3. The molecule has 0 radical (unpaired) electrons. The van der Waals surface area contributed by atoms with Gasteiger partial charge in [0.1, 0.15) is 5.82 Å². The van der Waals surface area contributed by atoms with Crippen LogP contribution in [0.1, 0.15) is 11.4 Å². The van der Waals surface area contributed by atoms with Gasteiger partial charge in [-0.2, -0.15) is 4.98 Å². The summed E-state index contributed by atoms with van der Waals surface area (Å²) < 4.78 is 5.08. The van der Waals surface area contributed by atoms with Crippen LogP contribution in [-0.2, 0) is 6.54 Å². The van der Waals surface area contributed by atoms with Crippen LogP contribution in [0.4, 0.5) is 11.8 Å². The molecule has 94 valence electrons. The molecule has 0 aromatic carbocycles. The molecular formula is C12H15N5O. The van der Waals surface area contributed by atoms with E-state index in [-0.39, 0.29) is 0 Å². The third-order valence-electron chi connectivity index (χ3n) is 2.30. The van der Waals surface area contributed by atoms with Gasteiger partial charge in [-0.3, -0.25) is 0 Å². The Labute approximate surface area is 105 Å². The Balaban J connectivity index is 2.08. The van der Waals surface area contributed by atoms with Crippen LogP contribution in [0.3, 0.4) is 0 Å². The lowest BCUT2D eigenvalue weighted by Gasteiger charge is -2.07. The normalized spacial score (nSPS) is 10.1. The van der Waals surface area contributed by atoms with Crippen molar-refractivity contribution in [3.8, 4) is 5.88 Å². The van der Waals surface area contributed by atoms with Crippen LogP contribution in [-0.4, -0.2) is 22.1 Å². The molecule has 0 amide bonds. The third kappa shape index (κ3) is 3.07. The smallest absolute Gasteiger partial charge is 0.226 e. The molecule has 0 spiro atoms. The first-order valence-electron chi connectivity index (χ1n) is 5.52. The van der Waals surface area contributed by atoms with Crippen molar-refractivity contribution in [2.75, 3.05) is 18.2 Å². The Bertz CT molecular complexity index is 544. The van der Waals surface area contributed by atoms with Crippen molar-refractivity contribution in [3.05, 3.63) is 35.7 Å². The molecule has 2 heterocycles. The van der Waals surface area contributed by atoms with Gasteiger partial charge in [-0.05, 0) is 19.1 Å². The largest absolute Gasteiger partial charge is 0.481 e. The van der Waals surface area contributed by atoms with Crippen LogP contribution < -0.4 is 15.8 Å². The summed E-state index contributed by atoms with van der Waals surface area (Å²) >= 11 is 0. The van der Waals surface area contributed by atoms with Crippen molar-refractivity contribution in [2.24, 2.45) is 0 Å². The molecule has 0 atom stereocenters. The number of rotatable bonds is 4. The highest BCUT2D eigenvalue weighted by Crippen LogP contribution is 2.12. The summed E-state index contributed by atoms with van der Waals surface area (Å²) in [6, 6.07) is 7.26. The molecule has 6 nitrogen and oxygen atoms in total. The number of methoxy groups -OCH3 is 1. The number of pyridine rings is 1. The van der Waals surface area contributed by atoms with Crippen molar-refractivity contribution in [1.82, 2.24) is 15.0 Å². The Morgan fingerprint density at radius 3 is 2.83 bits per heavy atom. The lowest BCUT2D eigenvalue weighted by molar-refractivity contribution is 0.397. The maximum atomic E-state index is 5.61. The van der Waals surface area contributed by atoms with Crippen LogP contribution in [0.2, 0.25) is 0 Å². The van der Waals surface area contributed by atoms with Gasteiger partial charge in [0.2, 0.25) is 11.8 Å². The average molecular weight is 245 g/mol. The lowest BCUT2D eigenvalue weighted by Crippen LogP contribution is -2.07. The standard InChI is InChI=1S/C12H15N5O/c1-8-6-11(18-2)17-12(15-8)14-7-9-4-3-5-10(13)16-9/h3-6H,7H2,1-2H3,(H2,13,16)(H,14,15,17). The first-order valence-corrected chi connectivity index (χ1v) is 5.52. The highest BCUT2D eigenvalue weighted by Gasteiger charge is 2.02. The fraction of sp³-hybridized carbons (Fsp3) is 0.250. The molecule has 0 aliphatic heterocycles. The summed E-state index contributed by atoms with van der Waals surface area (Å²) in [5.74, 6) is 1.54. The van der Waals surface area contributed by atoms with Gasteiger partial charge in [0.15, 0.2) is 0 Å². The summed E-state index contributed by atoms with van der Waals surface area (Å²) in [5, 5.41) is 3.08. The predicted molar refractivity (Wildman–Crippen MR) is 69.3 cm³/mol. The number of anilines is 2. The van der Waals surface area contributed by atoms with Crippen LogP contribution in [0.5, 0.6) is 5.88 Å². The number of aryl methyl sites for hydroxylation is 1. The van der Waals surface area contributed by atoms with Crippen LogP contribution >= 0.6 is 0 Å². The van der Waals surface area contributed by atoms with Gasteiger partial charge >= 0.3 is 0 Å². The maximum Gasteiger partial charge on any atom is 0.226 e. The topological polar surface area (TPSA) is 86.0 Å². The fourth-order valence-corrected chi connectivity index (χ4v) is 1.49. The van der Waals surface area contributed by atoms with E-state index >= 15 is 0 Å². The van der Waals surface area contributed by atoms with Crippen LogP contribution in [0, 0.1) is 6.92 Å². The summed E-state index contributed by atoms with van der Waals surface area (Å²) in [6.45, 7) is 2.39. The first kappa shape index (κ1) is 12.1. The Kier molecular flexibility index (Phi) is 3.57. The van der Waals surface area contributed by atoms with Gasteiger partial charge in [0, 0.05) is 11.8 Å². The summed E-state index contributed by atoms with van der Waals surface area (Å²) in [6.07, 6.45) is 0. The number of ether oxygens (including phenoxy) is 1. The van der Waals surface area contributed by atoms with Crippen molar-refractivity contribution in [2.45, 2.75) is 13.5 Å². The number of aromatic nitrogens is 3. The maximum absolute atomic E-state index is 5.61. The molecule has 0 unspecified atom stereocenters. The molecule has 0 saturated carbocycles. The number of nitrogens with one attached hydrogen (secondary N) is 1. The number of hydrogen-bond donors (Lipinski definition) is 2. The van der Waals surface area contributed by atoms with Gasteiger partial charge in [0.25, 0.3) is 0 Å². The molecule has 0 aliphatic carbocycles. The number of hydrogen-bond acceptors (Lipinski definition) is 6. The SMILES string of the molecule is COc1cc(C)nc(NCc2cccc(N)n2)n1. The minimum absolute atomic E-state index is 0.497. The molecular weight excluding hydrogens is 230 g/mol. The highest BCUT2D eigenvalue weighted by molar-refractivity contribution is 5.33. The molecule has 6 heteroatoms. The number of nitrogens with zero attached hydrogens (tertiary/aromatic N) is 3. The second-order valence-corrected chi connectivity index (χ2v) is 3.78. The van der Waals surface area contributed by atoms with Crippen molar-refractivity contribution in [3.63, 3.8) is 0 Å². The minimum atomic E-state index is 0.497. The molecule has 18 heavy (non-hydrogen) atoms. The Morgan fingerprint density at radius 1 is 1.28 bits per heavy atom. The molecule has 0 fully saturated rings. The van der Waals surface area contributed by atoms with Gasteiger partial charge in [-0.1, -0.05) is 6.07 Å². The predicted octanol–water partition coefficient (Wildman–Crippen LogP) is 1.38. The fourth-order valence-electron chi connectivity index (χ4n) is 1.49. The molecule has 2 aromatic heterocycles. The van der Waals surface area contributed by atoms with Gasteiger partial charge < -0.3 is 15.8 Å². The number of nitrogen functional groups attached to an aromatic ring is 1. The monoisotopic (exact) mass is 245 g/mol. The summed E-state index contributed by atoms with van der Waals surface area (Å²) in [4.78, 5) is 12.6. The zero-order chi connectivity index (χ0) is 13.0. The van der Waals surface area contributed by atoms with Gasteiger partial charge in [-0.25, -0.2) is 9.97 Å². The van der Waals surface area contributed by atoms with E-state index in [1.165, 1.54) is 0 Å². The van der Waals surface area contributed by atoms with Crippen LogP contribution in [0.25, 0.3) is 0 Å². The summed E-state index contributed by atoms with van der Waals surface area (Å²) in [5.41, 5.74) is 7.28. The molecule has 2 aromatic rings. The third-order valence-corrected chi connectivity index (χ3v) is 2.30. The van der Waals surface area contributed by atoms with E-state index in [0.29, 0.717) is 24.2 Å². The first-order chi connectivity index (χ1) is 8.67. The van der Waals surface area contributed by atoms with E-state index in [0.717, 1.165) is 11.4 Å². The van der Waals surface area contributed by atoms with E-state index in [4.69, 9.17) is 10.5 Å². The average Bonchev–Trinajstić information content (AvgIpc) is 2.36. The molecule has 0 saturated heterocycles. The highest BCUT2D eigenvalue weighted by atomic mass is 16.5. The lowest BCUT2D eigenvalue weighted by atomic mass is 10.3. The van der Waals surface area contributed by atoms with Gasteiger partial charge in [-0.15, -0.1) is 0 Å². The molecule has 3 N–H and O–H groups in total. The quantitative estimate of drug-likeness (QED) is 0.846. The van der Waals surface area contributed by atoms with E-state index in [1.807, 2.05) is 19.1 Å². The minimum Gasteiger partial charge on any atom is -0.481 e. The molecule has 0 aliphatic rings. The molecule has 2 rings (SSSR count). The van der Waals surface area contributed by atoms with E-state index in [1.54, 1.807) is 19.2 Å². The van der Waals surface area contributed by atoms with E-state index in [9.17, 15) is 0 Å². The van der Waals surface area contributed by atoms with E-state index in [2.05, 4.69) is 20.3 Å². The Hall–Kier alpha value is -2.37. The van der Waals surface area contributed by atoms with Gasteiger partial charge in [0.05, 0.1) is 19.3 Å². The van der Waals surface area contributed by atoms with Crippen molar-refractivity contribution >= 4 is 11.8 Å². The van der Waals surface area contributed by atoms with Crippen molar-refractivity contribution in [1.29, 1.82) is 0 Å². The second-order valence-electron chi connectivity index (χ2n) is 3.78. The number of nitrogens with two attached hydrogens (primary N) is 1. The Morgan fingerprint density at radius 2 is 2.11 bits per heavy atom. The second kappa shape index (κ2) is 5.31. The molecule has 0 bridgehead atoms. The van der Waals surface area contributed by atoms with E-state index < -0.39 is 0 Å². The van der Waals surface area contributed by atoms with Crippen molar-refractivity contribution < 1.29 is 4.74 Å². The van der Waals surface area contributed by atoms with Crippen LogP contribution in [0.15, 0.2) is 24.3 Å². The zero-order valence-electron chi connectivity index (χ0n) is 10.3. The summed E-state index contributed by atoms with van der Waals surface area (Å²) in [7, 11) is 1.57.